The van der Waals surface area contributed by atoms with E-state index in [1.165, 1.54) is 4.90 Å². The minimum atomic E-state index is -0.304. The zero-order valence-corrected chi connectivity index (χ0v) is 17.5. The molecule has 3 aromatic rings. The van der Waals surface area contributed by atoms with E-state index in [1.54, 1.807) is 36.0 Å². The number of ether oxygens (including phenoxy) is 1. The number of hydrogen-bond donors (Lipinski definition) is 1. The highest BCUT2D eigenvalue weighted by Crippen LogP contribution is 2.18. The molecule has 1 aromatic heterocycles. The summed E-state index contributed by atoms with van der Waals surface area (Å²) in [6.07, 6.45) is 5.89. The largest absolute Gasteiger partial charge is 0.494 e. The summed E-state index contributed by atoms with van der Waals surface area (Å²) in [6.45, 7) is 2.84. The third-order valence-electron chi connectivity index (χ3n) is 4.33. The summed E-state index contributed by atoms with van der Waals surface area (Å²) in [4.78, 5) is 13.6. The Labute approximate surface area is 175 Å². The lowest BCUT2D eigenvalue weighted by Crippen LogP contribution is -2.12. The lowest BCUT2D eigenvalue weighted by Gasteiger charge is -2.06. The van der Waals surface area contributed by atoms with Gasteiger partial charge in [-0.2, -0.15) is 0 Å². The second-order valence-corrected chi connectivity index (χ2v) is 7.44. The molecule has 0 unspecified atom stereocenters. The molecule has 0 aliphatic carbocycles. The maximum Gasteiger partial charge on any atom is 0.322 e. The van der Waals surface area contributed by atoms with Crippen LogP contribution in [0.2, 0.25) is 0 Å². The van der Waals surface area contributed by atoms with Crippen molar-refractivity contribution in [3.05, 3.63) is 65.5 Å². The topological polar surface area (TPSA) is 77.2 Å². The van der Waals surface area contributed by atoms with E-state index < -0.39 is 0 Å². The van der Waals surface area contributed by atoms with Gasteiger partial charge in [-0.25, -0.2) is 0 Å². The molecule has 0 fully saturated rings. The van der Waals surface area contributed by atoms with E-state index in [2.05, 4.69) is 34.6 Å². The predicted octanol–water partition coefficient (Wildman–Crippen LogP) is 5.20. The fourth-order valence-corrected chi connectivity index (χ4v) is 3.12. The minimum Gasteiger partial charge on any atom is -0.494 e. The first kappa shape index (κ1) is 20.9. The summed E-state index contributed by atoms with van der Waals surface area (Å²) in [5.41, 5.74) is 1.57. The normalized spacial score (nSPS) is 10.7. The lowest BCUT2D eigenvalue weighted by atomic mass is 10.1. The van der Waals surface area contributed by atoms with Crippen LogP contribution in [0.25, 0.3) is 0 Å². The van der Waals surface area contributed by atoms with Crippen molar-refractivity contribution >= 4 is 23.7 Å². The van der Waals surface area contributed by atoms with E-state index in [0.29, 0.717) is 24.5 Å². The first-order valence-corrected chi connectivity index (χ1v) is 10.9. The maximum absolute atomic E-state index is 12.4. The van der Waals surface area contributed by atoms with Crippen molar-refractivity contribution in [1.29, 1.82) is 0 Å². The summed E-state index contributed by atoms with van der Waals surface area (Å²) in [7, 11) is 0. The van der Waals surface area contributed by atoms with E-state index in [9.17, 15) is 4.79 Å². The second kappa shape index (κ2) is 10.7. The van der Waals surface area contributed by atoms with Crippen molar-refractivity contribution in [2.45, 2.75) is 37.5 Å². The molecule has 0 saturated heterocycles. The highest BCUT2D eigenvalue weighted by Gasteiger charge is 2.12. The van der Waals surface area contributed by atoms with Gasteiger partial charge in [0.15, 0.2) is 0 Å². The average molecular weight is 412 g/mol. The molecule has 0 atom stereocenters. The molecule has 152 valence electrons. The summed E-state index contributed by atoms with van der Waals surface area (Å²) < 4.78 is 11.2. The Hall–Kier alpha value is -2.80. The number of amides is 1. The number of unbranched alkanes of at least 4 members (excludes halogenated alkanes) is 2. The third kappa shape index (κ3) is 6.35. The van der Waals surface area contributed by atoms with Gasteiger partial charge in [-0.3, -0.25) is 10.1 Å². The third-order valence-corrected chi connectivity index (χ3v) is 5.08. The van der Waals surface area contributed by atoms with Gasteiger partial charge in [0.1, 0.15) is 5.75 Å². The quantitative estimate of drug-likeness (QED) is 0.365. The smallest absolute Gasteiger partial charge is 0.322 e. The van der Waals surface area contributed by atoms with Crippen LogP contribution < -0.4 is 10.1 Å². The van der Waals surface area contributed by atoms with Gasteiger partial charge in [0.25, 0.3) is 5.91 Å². The van der Waals surface area contributed by atoms with Crippen molar-refractivity contribution in [3.8, 4) is 5.75 Å². The van der Waals surface area contributed by atoms with Crippen LogP contribution in [0.3, 0.4) is 0 Å². The van der Waals surface area contributed by atoms with Crippen molar-refractivity contribution in [1.82, 2.24) is 10.2 Å². The van der Waals surface area contributed by atoms with Gasteiger partial charge in [-0.05, 0) is 54.6 Å². The number of benzene rings is 2. The number of hydrogen-bond acceptors (Lipinski definition) is 6. The van der Waals surface area contributed by atoms with Crippen LogP contribution in [0.5, 0.6) is 5.75 Å². The van der Waals surface area contributed by atoms with E-state index in [-0.39, 0.29) is 11.9 Å². The van der Waals surface area contributed by atoms with Crippen LogP contribution in [0.4, 0.5) is 6.01 Å². The number of carbonyl (C=O) groups excluding carboxylic acids is 1. The molecule has 1 amide bonds. The van der Waals surface area contributed by atoms with Gasteiger partial charge in [0.2, 0.25) is 5.89 Å². The Kier molecular flexibility index (Phi) is 7.69. The highest BCUT2D eigenvalue weighted by molar-refractivity contribution is 7.98. The number of nitrogens with zero attached hydrogens (tertiary/aromatic N) is 2. The van der Waals surface area contributed by atoms with Crippen molar-refractivity contribution in [2.75, 3.05) is 18.2 Å². The lowest BCUT2D eigenvalue weighted by molar-refractivity contribution is 0.102. The zero-order valence-electron chi connectivity index (χ0n) is 16.7. The van der Waals surface area contributed by atoms with Crippen LogP contribution in [0.15, 0.2) is 57.8 Å². The van der Waals surface area contributed by atoms with E-state index in [0.717, 1.165) is 30.6 Å². The molecule has 1 N–H and O–H groups in total. The predicted molar refractivity (Wildman–Crippen MR) is 115 cm³/mol. The molecule has 0 saturated carbocycles. The van der Waals surface area contributed by atoms with Gasteiger partial charge in [-0.1, -0.05) is 37.0 Å². The molecule has 0 spiro atoms. The maximum atomic E-state index is 12.4. The number of nitrogens with one attached hydrogen (secondary N) is 1. The molecular formula is C22H25N3O3S. The minimum absolute atomic E-state index is 0.0885. The van der Waals surface area contributed by atoms with Crippen LogP contribution in [-0.2, 0) is 6.42 Å². The first-order chi connectivity index (χ1) is 14.2. The molecule has 7 heteroatoms. The molecule has 0 bridgehead atoms. The monoisotopic (exact) mass is 411 g/mol. The van der Waals surface area contributed by atoms with Crippen LogP contribution in [-0.4, -0.2) is 29.0 Å². The van der Waals surface area contributed by atoms with Crippen molar-refractivity contribution in [3.63, 3.8) is 0 Å². The zero-order chi connectivity index (χ0) is 20.5. The Morgan fingerprint density at radius 3 is 2.52 bits per heavy atom. The van der Waals surface area contributed by atoms with Gasteiger partial charge in [0, 0.05) is 10.5 Å². The van der Waals surface area contributed by atoms with E-state index in [4.69, 9.17) is 9.15 Å². The first-order valence-electron chi connectivity index (χ1n) is 9.67. The Morgan fingerprint density at radius 1 is 1.07 bits per heavy atom. The van der Waals surface area contributed by atoms with Gasteiger partial charge in [-0.15, -0.1) is 16.9 Å². The highest BCUT2D eigenvalue weighted by atomic mass is 32.2. The van der Waals surface area contributed by atoms with Crippen LogP contribution in [0, 0.1) is 0 Å². The standard InChI is InChI=1S/C22H25N3O3S/c1-3-4-5-14-27-18-10-8-17(9-11-18)21(26)23-22-25-24-20(28-22)15-16-6-12-19(29-2)13-7-16/h6-13H,3-5,14-15H2,1-2H3,(H,23,25,26). The summed E-state index contributed by atoms with van der Waals surface area (Å²) in [6, 6.07) is 15.3. The fourth-order valence-electron chi connectivity index (χ4n) is 2.71. The molecule has 29 heavy (non-hydrogen) atoms. The molecule has 0 aliphatic rings. The molecule has 6 nitrogen and oxygen atoms in total. The number of thioether (sulfide) groups is 1. The second-order valence-electron chi connectivity index (χ2n) is 6.56. The van der Waals surface area contributed by atoms with E-state index in [1.807, 2.05) is 18.4 Å². The fraction of sp³-hybridized carbons (Fsp3) is 0.318. The summed E-state index contributed by atoms with van der Waals surface area (Å²) in [5, 5.41) is 10.6. The van der Waals surface area contributed by atoms with E-state index >= 15 is 0 Å². The van der Waals surface area contributed by atoms with Gasteiger partial charge in [0.05, 0.1) is 13.0 Å². The SMILES string of the molecule is CCCCCOc1ccc(C(=O)Nc2nnc(Cc3ccc(SC)cc3)o2)cc1. The molecule has 0 aliphatic heterocycles. The van der Waals surface area contributed by atoms with Crippen LogP contribution >= 0.6 is 11.8 Å². The van der Waals surface area contributed by atoms with Crippen molar-refractivity contribution < 1.29 is 13.9 Å². The van der Waals surface area contributed by atoms with Crippen molar-refractivity contribution in [2.24, 2.45) is 0 Å². The Balaban J connectivity index is 1.52. The molecule has 0 radical (unpaired) electrons. The number of aromatic nitrogens is 2. The average Bonchev–Trinajstić information content (AvgIpc) is 3.19. The van der Waals surface area contributed by atoms with Gasteiger partial charge >= 0.3 is 6.01 Å². The molecular weight excluding hydrogens is 386 g/mol. The Bertz CT molecular complexity index is 908. The number of rotatable bonds is 10. The summed E-state index contributed by atoms with van der Waals surface area (Å²) in [5.74, 6) is 0.903. The molecule has 3 rings (SSSR count). The number of anilines is 1. The Morgan fingerprint density at radius 2 is 1.83 bits per heavy atom. The van der Waals surface area contributed by atoms with Crippen LogP contribution in [0.1, 0.15) is 48.0 Å². The van der Waals surface area contributed by atoms with Gasteiger partial charge < -0.3 is 9.15 Å². The molecule has 1 heterocycles. The molecule has 2 aromatic carbocycles. The number of carbonyl (C=O) groups is 1. The summed E-state index contributed by atoms with van der Waals surface area (Å²) >= 11 is 1.69.